The average molecular weight is 375 g/mol. The molecule has 1 heterocycles. The number of ether oxygens (including phenoxy) is 1. The quantitative estimate of drug-likeness (QED) is 0.720. The van der Waals surface area contributed by atoms with Gasteiger partial charge in [-0.15, -0.1) is 0 Å². The molecule has 26 heavy (non-hydrogen) atoms. The van der Waals surface area contributed by atoms with Gasteiger partial charge >= 0.3 is 5.97 Å². The molecule has 1 aliphatic carbocycles. The molecule has 3 rings (SSSR count). The molecule has 2 aromatic rings. The van der Waals surface area contributed by atoms with Crippen LogP contribution < -0.4 is 0 Å². The molecule has 1 fully saturated rings. The number of hydrogen-bond acceptors (Lipinski definition) is 4. The van der Waals surface area contributed by atoms with E-state index >= 15 is 0 Å². The molecule has 1 amide bonds. The standard InChI is InChI=1S/C20H22FNO3S/c1-22(12-15-7-10-26-14-15)18(23)13-25-19(24)20(8-2-3-9-20)16-5-4-6-17(21)11-16/h4-7,10-11,14H,2-3,8-9,12-13H2,1H3. The first-order valence-electron chi connectivity index (χ1n) is 8.69. The van der Waals surface area contributed by atoms with Gasteiger partial charge in [0.1, 0.15) is 5.82 Å². The van der Waals surface area contributed by atoms with E-state index in [9.17, 15) is 14.0 Å². The van der Waals surface area contributed by atoms with Crippen molar-refractivity contribution in [3.8, 4) is 0 Å². The molecule has 0 atom stereocenters. The second kappa shape index (κ2) is 7.99. The Bertz CT molecular complexity index is 769. The lowest BCUT2D eigenvalue weighted by Gasteiger charge is -2.27. The number of thiophene rings is 1. The SMILES string of the molecule is CN(Cc1ccsc1)C(=O)COC(=O)C1(c2cccc(F)c2)CCCC1. The van der Waals surface area contributed by atoms with Crippen LogP contribution in [-0.4, -0.2) is 30.4 Å². The van der Waals surface area contributed by atoms with Crippen LogP contribution in [0.15, 0.2) is 41.1 Å². The second-order valence-electron chi connectivity index (χ2n) is 6.76. The molecule has 0 bridgehead atoms. The fourth-order valence-electron chi connectivity index (χ4n) is 3.50. The van der Waals surface area contributed by atoms with E-state index in [-0.39, 0.29) is 18.3 Å². The predicted octanol–water partition coefficient (Wildman–Crippen LogP) is 3.90. The largest absolute Gasteiger partial charge is 0.455 e. The summed E-state index contributed by atoms with van der Waals surface area (Å²) in [5, 5.41) is 3.93. The van der Waals surface area contributed by atoms with Gasteiger partial charge < -0.3 is 9.64 Å². The molecule has 0 N–H and O–H groups in total. The van der Waals surface area contributed by atoms with Crippen LogP contribution in [0.3, 0.4) is 0 Å². The van der Waals surface area contributed by atoms with Gasteiger partial charge in [-0.3, -0.25) is 9.59 Å². The third kappa shape index (κ3) is 3.96. The molecule has 0 unspecified atom stereocenters. The Hall–Kier alpha value is -2.21. The maximum atomic E-state index is 13.6. The summed E-state index contributed by atoms with van der Waals surface area (Å²) in [7, 11) is 1.69. The molecule has 0 spiro atoms. The zero-order valence-electron chi connectivity index (χ0n) is 14.7. The minimum absolute atomic E-state index is 0.253. The Morgan fingerprint density at radius 1 is 1.27 bits per heavy atom. The van der Waals surface area contributed by atoms with Crippen molar-refractivity contribution in [1.82, 2.24) is 4.90 Å². The second-order valence-corrected chi connectivity index (χ2v) is 7.54. The molecule has 0 radical (unpaired) electrons. The lowest BCUT2D eigenvalue weighted by Crippen LogP contribution is -2.38. The number of benzene rings is 1. The summed E-state index contributed by atoms with van der Waals surface area (Å²) in [5.74, 6) is -1.05. The monoisotopic (exact) mass is 375 g/mol. The lowest BCUT2D eigenvalue weighted by atomic mass is 9.79. The van der Waals surface area contributed by atoms with Crippen molar-refractivity contribution in [2.24, 2.45) is 0 Å². The Morgan fingerprint density at radius 2 is 2.04 bits per heavy atom. The van der Waals surface area contributed by atoms with Crippen LogP contribution in [-0.2, 0) is 26.3 Å². The molecular formula is C20H22FNO3S. The van der Waals surface area contributed by atoms with Crippen molar-refractivity contribution in [3.63, 3.8) is 0 Å². The van der Waals surface area contributed by atoms with Gasteiger partial charge in [0.15, 0.2) is 6.61 Å². The van der Waals surface area contributed by atoms with Gasteiger partial charge in [0, 0.05) is 13.6 Å². The number of nitrogens with zero attached hydrogens (tertiary/aromatic N) is 1. The van der Waals surface area contributed by atoms with Crippen LogP contribution in [0.5, 0.6) is 0 Å². The highest BCUT2D eigenvalue weighted by Gasteiger charge is 2.44. The van der Waals surface area contributed by atoms with E-state index in [4.69, 9.17) is 4.74 Å². The smallest absolute Gasteiger partial charge is 0.317 e. The van der Waals surface area contributed by atoms with Crippen molar-refractivity contribution >= 4 is 23.2 Å². The fourth-order valence-corrected chi connectivity index (χ4v) is 4.16. The van der Waals surface area contributed by atoms with Crippen LogP contribution in [0.2, 0.25) is 0 Å². The van der Waals surface area contributed by atoms with Gasteiger partial charge in [0.05, 0.1) is 5.41 Å². The maximum absolute atomic E-state index is 13.6. The van der Waals surface area contributed by atoms with Crippen molar-refractivity contribution in [2.75, 3.05) is 13.7 Å². The van der Waals surface area contributed by atoms with Gasteiger partial charge in [0.2, 0.25) is 0 Å². The maximum Gasteiger partial charge on any atom is 0.317 e. The van der Waals surface area contributed by atoms with Crippen LogP contribution in [0, 0.1) is 5.82 Å². The van der Waals surface area contributed by atoms with Crippen LogP contribution in [0.4, 0.5) is 4.39 Å². The molecule has 4 nitrogen and oxygen atoms in total. The minimum Gasteiger partial charge on any atom is -0.455 e. The first-order valence-corrected chi connectivity index (χ1v) is 9.64. The van der Waals surface area contributed by atoms with Gasteiger partial charge in [0.25, 0.3) is 5.91 Å². The summed E-state index contributed by atoms with van der Waals surface area (Å²) >= 11 is 1.57. The first kappa shape index (κ1) is 18.6. The predicted molar refractivity (Wildman–Crippen MR) is 98.3 cm³/mol. The molecule has 138 valence electrons. The number of carbonyl (C=O) groups is 2. The zero-order valence-corrected chi connectivity index (χ0v) is 15.6. The fraction of sp³-hybridized carbons (Fsp3) is 0.400. The third-order valence-electron chi connectivity index (χ3n) is 4.98. The van der Waals surface area contributed by atoms with E-state index in [0.717, 1.165) is 18.4 Å². The zero-order chi connectivity index (χ0) is 18.6. The van der Waals surface area contributed by atoms with Crippen LogP contribution in [0.25, 0.3) is 0 Å². The van der Waals surface area contributed by atoms with E-state index in [1.54, 1.807) is 35.4 Å². The highest BCUT2D eigenvalue weighted by molar-refractivity contribution is 7.07. The third-order valence-corrected chi connectivity index (χ3v) is 5.71. The number of carbonyl (C=O) groups excluding carboxylic acids is 2. The van der Waals surface area contributed by atoms with Crippen LogP contribution >= 0.6 is 11.3 Å². The summed E-state index contributed by atoms with van der Waals surface area (Å²) in [6.45, 7) is 0.186. The highest BCUT2D eigenvalue weighted by Crippen LogP contribution is 2.42. The Kier molecular flexibility index (Phi) is 5.71. The summed E-state index contributed by atoms with van der Waals surface area (Å²) in [6.07, 6.45) is 3.01. The summed E-state index contributed by atoms with van der Waals surface area (Å²) in [5.41, 5.74) is 0.845. The van der Waals surface area contributed by atoms with E-state index in [0.29, 0.717) is 24.9 Å². The van der Waals surface area contributed by atoms with Crippen molar-refractivity contribution in [3.05, 3.63) is 58.0 Å². The van der Waals surface area contributed by atoms with Crippen molar-refractivity contribution < 1.29 is 18.7 Å². The van der Waals surface area contributed by atoms with Crippen molar-refractivity contribution in [2.45, 2.75) is 37.6 Å². The van der Waals surface area contributed by atoms with Crippen LogP contribution in [0.1, 0.15) is 36.8 Å². The highest BCUT2D eigenvalue weighted by atomic mass is 32.1. The summed E-state index contributed by atoms with van der Waals surface area (Å²) in [6, 6.07) is 8.09. The number of likely N-dealkylation sites (N-methyl/N-ethyl adjacent to an activating group) is 1. The number of esters is 1. The normalized spacial score (nSPS) is 15.6. The van der Waals surface area contributed by atoms with E-state index < -0.39 is 11.4 Å². The number of amides is 1. The molecule has 1 aromatic heterocycles. The lowest BCUT2D eigenvalue weighted by molar-refractivity contribution is -0.156. The van der Waals surface area contributed by atoms with Gasteiger partial charge in [-0.25, -0.2) is 4.39 Å². The topological polar surface area (TPSA) is 46.6 Å². The molecule has 0 aliphatic heterocycles. The average Bonchev–Trinajstić information content (AvgIpc) is 3.31. The number of halogens is 1. The van der Waals surface area contributed by atoms with Gasteiger partial charge in [-0.05, 0) is 52.9 Å². The minimum atomic E-state index is -0.839. The molecule has 1 saturated carbocycles. The molecular weight excluding hydrogens is 353 g/mol. The van der Waals surface area contributed by atoms with Gasteiger partial charge in [-0.1, -0.05) is 25.0 Å². The Labute approximate surface area is 156 Å². The van der Waals surface area contributed by atoms with Gasteiger partial charge in [-0.2, -0.15) is 11.3 Å². The first-order chi connectivity index (χ1) is 12.5. The Morgan fingerprint density at radius 3 is 2.69 bits per heavy atom. The van der Waals surface area contributed by atoms with E-state index in [2.05, 4.69) is 0 Å². The van der Waals surface area contributed by atoms with Crippen molar-refractivity contribution in [1.29, 1.82) is 0 Å². The molecule has 0 saturated heterocycles. The number of hydrogen-bond donors (Lipinski definition) is 0. The number of rotatable bonds is 6. The Balaban J connectivity index is 1.64. The molecule has 1 aromatic carbocycles. The van der Waals surface area contributed by atoms with E-state index in [1.165, 1.54) is 12.1 Å². The van der Waals surface area contributed by atoms with E-state index in [1.807, 2.05) is 16.8 Å². The summed E-state index contributed by atoms with van der Waals surface area (Å²) < 4.78 is 19.0. The molecule has 6 heteroatoms. The summed E-state index contributed by atoms with van der Waals surface area (Å²) in [4.78, 5) is 26.6. The molecule has 1 aliphatic rings.